The van der Waals surface area contributed by atoms with Crippen LogP contribution in [-0.2, 0) is 21.7 Å². The number of hydrogen-bond donors (Lipinski definition) is 1. The summed E-state index contributed by atoms with van der Waals surface area (Å²) >= 11 is 0. The van der Waals surface area contributed by atoms with Gasteiger partial charge in [-0.2, -0.15) is 0 Å². The molecule has 48 valence electrons. The Bertz CT molecular complexity index is 54.0. The van der Waals surface area contributed by atoms with Crippen molar-refractivity contribution in [3.63, 3.8) is 0 Å². The second kappa shape index (κ2) is 3.65. The Kier molecular flexibility index (Phi) is 5.24. The van der Waals surface area contributed by atoms with Crippen LogP contribution in [-0.4, -0.2) is 11.2 Å². The topological polar surface area (TPSA) is 20.2 Å². The third-order valence-corrected chi connectivity index (χ3v) is 1.25. The molecule has 0 aromatic rings. The summed E-state index contributed by atoms with van der Waals surface area (Å²) in [6.45, 7) is 7.84. The van der Waals surface area contributed by atoms with E-state index in [1.54, 1.807) is 6.92 Å². The van der Waals surface area contributed by atoms with Gasteiger partial charge in [0, 0.05) is 21.7 Å². The fourth-order valence-corrected chi connectivity index (χ4v) is 0. The van der Waals surface area contributed by atoms with Crippen molar-refractivity contribution in [2.75, 3.05) is 0 Å². The number of rotatable bonds is 0. The molecule has 1 nitrogen and oxygen atoms in total. The minimum absolute atomic E-state index is 0. The predicted molar refractivity (Wildman–Crippen MR) is 31.1 cm³/mol. The minimum atomic E-state index is -0.201. The molecule has 8 heavy (non-hydrogen) atoms. The smallest absolute Gasteiger partial charge is 0.0560 e. The molecule has 0 spiro atoms. The molecule has 0 radical (unpaired) electrons. The first-order chi connectivity index (χ1) is 2.94. The zero-order valence-electron chi connectivity index (χ0n) is 6.02. The fourth-order valence-electron chi connectivity index (χ4n) is 0. The monoisotopic (exact) mass is 150 g/mol. The van der Waals surface area contributed by atoms with Crippen molar-refractivity contribution >= 4 is 0 Å². The average molecular weight is 150 g/mol. The first-order valence-corrected chi connectivity index (χ1v) is 2.62. The summed E-state index contributed by atoms with van der Waals surface area (Å²) in [6, 6.07) is 0. The molecule has 0 aliphatic rings. The van der Waals surface area contributed by atoms with Gasteiger partial charge in [-0.1, -0.05) is 20.8 Å². The Balaban J connectivity index is 0. The second-order valence-corrected chi connectivity index (χ2v) is 3.04. The zero-order valence-corrected chi connectivity index (χ0v) is 7.59. The van der Waals surface area contributed by atoms with Crippen molar-refractivity contribution in [3.05, 3.63) is 0 Å². The van der Waals surface area contributed by atoms with E-state index in [1.165, 1.54) is 0 Å². The quantitative estimate of drug-likeness (QED) is 0.517. The van der Waals surface area contributed by atoms with E-state index in [4.69, 9.17) is 5.11 Å². The Morgan fingerprint density at radius 3 is 1.38 bits per heavy atom. The SMILES string of the molecule is CC(O)C(C)(C)C.[Ti]. The van der Waals surface area contributed by atoms with Gasteiger partial charge in [-0.05, 0) is 12.3 Å². The van der Waals surface area contributed by atoms with Crippen LogP contribution < -0.4 is 0 Å². The zero-order chi connectivity index (χ0) is 6.08. The molecule has 1 unspecified atom stereocenters. The van der Waals surface area contributed by atoms with Crippen LogP contribution in [0, 0.1) is 5.41 Å². The van der Waals surface area contributed by atoms with Crippen molar-refractivity contribution in [2.45, 2.75) is 33.8 Å². The van der Waals surface area contributed by atoms with Gasteiger partial charge in [0.1, 0.15) is 0 Å². The van der Waals surface area contributed by atoms with Crippen molar-refractivity contribution in [1.29, 1.82) is 0 Å². The molecule has 0 aromatic carbocycles. The molecular formula is C6H14OTi. The molecule has 0 saturated carbocycles. The van der Waals surface area contributed by atoms with Crippen LogP contribution >= 0.6 is 0 Å². The van der Waals surface area contributed by atoms with E-state index in [9.17, 15) is 0 Å². The van der Waals surface area contributed by atoms with Gasteiger partial charge in [0.15, 0.2) is 0 Å². The molecule has 0 amide bonds. The third-order valence-electron chi connectivity index (χ3n) is 1.25. The fraction of sp³-hybridized carbons (Fsp3) is 1.00. The number of aliphatic hydroxyl groups excluding tert-OH is 1. The Morgan fingerprint density at radius 1 is 1.25 bits per heavy atom. The number of aliphatic hydroxyl groups is 1. The van der Waals surface area contributed by atoms with Crippen LogP contribution in [0.4, 0.5) is 0 Å². The standard InChI is InChI=1S/C6H14O.Ti/c1-5(7)6(2,3)4;/h5,7H,1-4H3;. The van der Waals surface area contributed by atoms with Crippen LogP contribution in [0.15, 0.2) is 0 Å². The van der Waals surface area contributed by atoms with Crippen LogP contribution in [0.2, 0.25) is 0 Å². The normalized spacial score (nSPS) is 14.6. The number of hydrogen-bond acceptors (Lipinski definition) is 1. The second-order valence-electron chi connectivity index (χ2n) is 3.04. The molecule has 0 heterocycles. The average Bonchev–Trinajstić information content (AvgIpc) is 1.31. The molecule has 0 bridgehead atoms. The van der Waals surface area contributed by atoms with Gasteiger partial charge in [0.25, 0.3) is 0 Å². The molecule has 0 aliphatic carbocycles. The van der Waals surface area contributed by atoms with Gasteiger partial charge in [-0.25, -0.2) is 0 Å². The summed E-state index contributed by atoms with van der Waals surface area (Å²) in [7, 11) is 0. The largest absolute Gasteiger partial charge is 0.393 e. The van der Waals surface area contributed by atoms with E-state index in [1.807, 2.05) is 20.8 Å². The molecule has 0 saturated heterocycles. The summed E-state index contributed by atoms with van der Waals surface area (Å²) in [4.78, 5) is 0. The van der Waals surface area contributed by atoms with E-state index in [2.05, 4.69) is 0 Å². The molecule has 0 fully saturated rings. The van der Waals surface area contributed by atoms with Crippen LogP contribution in [0.5, 0.6) is 0 Å². The first kappa shape index (κ1) is 11.5. The van der Waals surface area contributed by atoms with Crippen LogP contribution in [0.1, 0.15) is 27.7 Å². The summed E-state index contributed by atoms with van der Waals surface area (Å²) in [5.74, 6) is 0. The van der Waals surface area contributed by atoms with Gasteiger partial charge in [0.2, 0.25) is 0 Å². The predicted octanol–water partition coefficient (Wildman–Crippen LogP) is 1.41. The van der Waals surface area contributed by atoms with Gasteiger partial charge < -0.3 is 5.11 Å². The summed E-state index contributed by atoms with van der Waals surface area (Å²) in [6.07, 6.45) is -0.201. The molecule has 1 atom stereocenters. The summed E-state index contributed by atoms with van der Waals surface area (Å²) < 4.78 is 0. The van der Waals surface area contributed by atoms with Gasteiger partial charge >= 0.3 is 0 Å². The third kappa shape index (κ3) is 4.82. The van der Waals surface area contributed by atoms with E-state index >= 15 is 0 Å². The van der Waals surface area contributed by atoms with E-state index < -0.39 is 0 Å². The van der Waals surface area contributed by atoms with E-state index in [0.29, 0.717) is 0 Å². The molecule has 0 aromatic heterocycles. The molecule has 1 N–H and O–H groups in total. The molecular weight excluding hydrogens is 136 g/mol. The van der Waals surface area contributed by atoms with Gasteiger partial charge in [0.05, 0.1) is 6.10 Å². The maximum atomic E-state index is 8.89. The maximum Gasteiger partial charge on any atom is 0.0560 e. The van der Waals surface area contributed by atoms with Gasteiger partial charge in [-0.3, -0.25) is 0 Å². The summed E-state index contributed by atoms with van der Waals surface area (Å²) in [5.41, 5.74) is 0.0556. The van der Waals surface area contributed by atoms with Crippen molar-refractivity contribution in [1.82, 2.24) is 0 Å². The first-order valence-electron chi connectivity index (χ1n) is 2.62. The molecule has 0 aliphatic heterocycles. The minimum Gasteiger partial charge on any atom is -0.393 e. The molecule has 2 heteroatoms. The van der Waals surface area contributed by atoms with Crippen LogP contribution in [0.3, 0.4) is 0 Å². The summed E-state index contributed by atoms with van der Waals surface area (Å²) in [5, 5.41) is 8.89. The Labute approximate surface area is 66.4 Å². The maximum absolute atomic E-state index is 8.89. The van der Waals surface area contributed by atoms with Gasteiger partial charge in [-0.15, -0.1) is 0 Å². The molecule has 0 rings (SSSR count). The van der Waals surface area contributed by atoms with Crippen molar-refractivity contribution in [3.8, 4) is 0 Å². The van der Waals surface area contributed by atoms with Crippen molar-refractivity contribution in [2.24, 2.45) is 5.41 Å². The van der Waals surface area contributed by atoms with E-state index in [-0.39, 0.29) is 33.2 Å². The van der Waals surface area contributed by atoms with E-state index in [0.717, 1.165) is 0 Å². The Morgan fingerprint density at radius 2 is 1.38 bits per heavy atom. The van der Waals surface area contributed by atoms with Crippen molar-refractivity contribution < 1.29 is 26.8 Å². The Hall–Kier alpha value is 0.674. The van der Waals surface area contributed by atoms with Crippen LogP contribution in [0.25, 0.3) is 0 Å².